The van der Waals surface area contributed by atoms with Gasteiger partial charge in [-0.15, -0.1) is 10.2 Å². The van der Waals surface area contributed by atoms with Crippen LogP contribution in [0.4, 0.5) is 4.39 Å². The third-order valence-electron chi connectivity index (χ3n) is 2.12. The summed E-state index contributed by atoms with van der Waals surface area (Å²) in [6.07, 6.45) is 1.05. The van der Waals surface area contributed by atoms with Crippen molar-refractivity contribution < 1.29 is 13.9 Å². The second-order valence-electron chi connectivity index (χ2n) is 3.31. The van der Waals surface area contributed by atoms with Gasteiger partial charge in [0.25, 0.3) is 5.89 Å². The molecular formula is C11H11FN2O2. The van der Waals surface area contributed by atoms with Gasteiger partial charge in [0.1, 0.15) is 5.82 Å². The molecule has 0 saturated carbocycles. The molecule has 2 aromatic rings. The third kappa shape index (κ3) is 2.25. The average molecular weight is 222 g/mol. The van der Waals surface area contributed by atoms with Crippen LogP contribution in [0.15, 0.2) is 28.7 Å². The van der Waals surface area contributed by atoms with E-state index in [1.54, 1.807) is 18.2 Å². The minimum absolute atomic E-state index is 0.0669. The lowest BCUT2D eigenvalue weighted by molar-refractivity contribution is 0.283. The summed E-state index contributed by atoms with van der Waals surface area (Å²) in [6.45, 7) is 0.0669. The van der Waals surface area contributed by atoms with E-state index in [0.29, 0.717) is 24.3 Å². The molecule has 4 nitrogen and oxygen atoms in total. The zero-order valence-electron chi connectivity index (χ0n) is 8.56. The maximum atomic E-state index is 13.4. The van der Waals surface area contributed by atoms with E-state index in [9.17, 15) is 4.39 Å². The molecule has 1 aromatic carbocycles. The molecule has 2 rings (SSSR count). The first-order valence-electron chi connectivity index (χ1n) is 4.99. The van der Waals surface area contributed by atoms with Gasteiger partial charge < -0.3 is 9.52 Å². The van der Waals surface area contributed by atoms with Gasteiger partial charge in [0.15, 0.2) is 0 Å². The molecule has 0 amide bonds. The van der Waals surface area contributed by atoms with Crippen LogP contribution in [0.25, 0.3) is 11.5 Å². The quantitative estimate of drug-likeness (QED) is 0.856. The molecule has 0 aliphatic rings. The second kappa shape index (κ2) is 4.85. The predicted octanol–water partition coefficient (Wildman–Crippen LogP) is 1.80. The van der Waals surface area contributed by atoms with Crippen molar-refractivity contribution in [3.05, 3.63) is 36.0 Å². The Morgan fingerprint density at radius 1 is 1.25 bits per heavy atom. The van der Waals surface area contributed by atoms with Gasteiger partial charge in [0, 0.05) is 13.0 Å². The smallest absolute Gasteiger partial charge is 0.250 e. The van der Waals surface area contributed by atoms with Gasteiger partial charge in [-0.2, -0.15) is 0 Å². The molecule has 0 aliphatic carbocycles. The van der Waals surface area contributed by atoms with Crippen molar-refractivity contribution in [3.8, 4) is 11.5 Å². The fraction of sp³-hybridized carbons (Fsp3) is 0.273. The molecule has 0 atom stereocenters. The zero-order valence-corrected chi connectivity index (χ0v) is 8.56. The standard InChI is InChI=1S/C11H11FN2O2/c12-9-5-2-1-4-8(9)11-14-13-10(16-11)6-3-7-15/h1-2,4-5,15H,3,6-7H2. The molecule has 0 spiro atoms. The zero-order chi connectivity index (χ0) is 11.4. The van der Waals surface area contributed by atoms with Crippen molar-refractivity contribution in [2.24, 2.45) is 0 Å². The lowest BCUT2D eigenvalue weighted by atomic mass is 10.2. The van der Waals surface area contributed by atoms with Crippen molar-refractivity contribution in [2.75, 3.05) is 6.61 Å². The van der Waals surface area contributed by atoms with Crippen molar-refractivity contribution in [1.82, 2.24) is 10.2 Å². The lowest BCUT2D eigenvalue weighted by Gasteiger charge is -1.95. The normalized spacial score (nSPS) is 10.6. The number of nitrogens with zero attached hydrogens (tertiary/aromatic N) is 2. The van der Waals surface area contributed by atoms with Crippen LogP contribution < -0.4 is 0 Å². The van der Waals surface area contributed by atoms with E-state index in [0.717, 1.165) is 0 Å². The number of aliphatic hydroxyl groups is 1. The number of halogens is 1. The highest BCUT2D eigenvalue weighted by Gasteiger charge is 2.11. The Kier molecular flexibility index (Phi) is 3.26. The number of aliphatic hydroxyl groups excluding tert-OH is 1. The molecule has 1 N–H and O–H groups in total. The summed E-state index contributed by atoms with van der Waals surface area (Å²) in [6, 6.07) is 6.23. The molecule has 0 bridgehead atoms. The minimum atomic E-state index is -0.389. The summed E-state index contributed by atoms with van der Waals surface area (Å²) >= 11 is 0. The first-order chi connectivity index (χ1) is 7.81. The van der Waals surface area contributed by atoms with E-state index in [1.807, 2.05) is 0 Å². The van der Waals surface area contributed by atoms with Crippen molar-refractivity contribution in [1.29, 1.82) is 0 Å². The van der Waals surface area contributed by atoms with Crippen LogP contribution >= 0.6 is 0 Å². The van der Waals surface area contributed by atoms with E-state index in [-0.39, 0.29) is 18.3 Å². The molecule has 0 aliphatic heterocycles. The van der Waals surface area contributed by atoms with Crippen LogP contribution in [0.3, 0.4) is 0 Å². The Balaban J connectivity index is 2.22. The molecule has 0 fully saturated rings. The van der Waals surface area contributed by atoms with Crippen molar-refractivity contribution in [2.45, 2.75) is 12.8 Å². The lowest BCUT2D eigenvalue weighted by Crippen LogP contribution is -1.88. The topological polar surface area (TPSA) is 59.2 Å². The van der Waals surface area contributed by atoms with Crippen LogP contribution in [-0.2, 0) is 6.42 Å². The molecule has 16 heavy (non-hydrogen) atoms. The Bertz CT molecular complexity index is 471. The van der Waals surface area contributed by atoms with Gasteiger partial charge in [-0.05, 0) is 18.6 Å². The molecule has 5 heteroatoms. The number of hydrogen-bond acceptors (Lipinski definition) is 4. The SMILES string of the molecule is OCCCc1nnc(-c2ccccc2F)o1. The number of aromatic nitrogens is 2. The van der Waals surface area contributed by atoms with Crippen LogP contribution in [0, 0.1) is 5.82 Å². The highest BCUT2D eigenvalue weighted by Crippen LogP contribution is 2.21. The molecule has 0 radical (unpaired) electrons. The first-order valence-corrected chi connectivity index (χ1v) is 4.99. The maximum absolute atomic E-state index is 13.4. The molecular weight excluding hydrogens is 211 g/mol. The van der Waals surface area contributed by atoms with Gasteiger partial charge in [-0.25, -0.2) is 4.39 Å². The highest BCUT2D eigenvalue weighted by molar-refractivity contribution is 5.53. The van der Waals surface area contributed by atoms with E-state index >= 15 is 0 Å². The Morgan fingerprint density at radius 3 is 2.81 bits per heavy atom. The van der Waals surface area contributed by atoms with Crippen LogP contribution in [0.2, 0.25) is 0 Å². The molecule has 1 aromatic heterocycles. The number of benzene rings is 1. The van der Waals surface area contributed by atoms with Gasteiger partial charge in [-0.1, -0.05) is 12.1 Å². The molecule has 1 heterocycles. The summed E-state index contributed by atoms with van der Waals surface area (Å²) in [5.41, 5.74) is 0.297. The largest absolute Gasteiger partial charge is 0.421 e. The minimum Gasteiger partial charge on any atom is -0.421 e. The summed E-state index contributed by atoms with van der Waals surface area (Å²) in [4.78, 5) is 0. The number of hydrogen-bond donors (Lipinski definition) is 1. The summed E-state index contributed by atoms with van der Waals surface area (Å²) < 4.78 is 18.6. The van der Waals surface area contributed by atoms with Crippen LogP contribution in [0.1, 0.15) is 12.3 Å². The third-order valence-corrected chi connectivity index (χ3v) is 2.12. The number of rotatable bonds is 4. The van der Waals surface area contributed by atoms with Gasteiger partial charge in [0.2, 0.25) is 5.89 Å². The monoisotopic (exact) mass is 222 g/mol. The molecule has 0 saturated heterocycles. The summed E-state index contributed by atoms with van der Waals surface area (Å²) in [5.74, 6) is 0.193. The van der Waals surface area contributed by atoms with Crippen molar-refractivity contribution >= 4 is 0 Å². The average Bonchev–Trinajstić information content (AvgIpc) is 2.75. The Morgan fingerprint density at radius 2 is 2.06 bits per heavy atom. The van der Waals surface area contributed by atoms with E-state index in [2.05, 4.69) is 10.2 Å². The van der Waals surface area contributed by atoms with E-state index < -0.39 is 0 Å². The summed E-state index contributed by atoms with van der Waals surface area (Å²) in [7, 11) is 0. The van der Waals surface area contributed by atoms with Crippen LogP contribution in [-0.4, -0.2) is 21.9 Å². The second-order valence-corrected chi connectivity index (χ2v) is 3.31. The van der Waals surface area contributed by atoms with E-state index in [1.165, 1.54) is 6.07 Å². The van der Waals surface area contributed by atoms with E-state index in [4.69, 9.17) is 9.52 Å². The molecule has 0 unspecified atom stereocenters. The predicted molar refractivity (Wildman–Crippen MR) is 55.1 cm³/mol. The van der Waals surface area contributed by atoms with Crippen molar-refractivity contribution in [3.63, 3.8) is 0 Å². The highest BCUT2D eigenvalue weighted by atomic mass is 19.1. The summed E-state index contributed by atoms with van der Waals surface area (Å²) in [5, 5.41) is 16.2. The van der Waals surface area contributed by atoms with Gasteiger partial charge >= 0.3 is 0 Å². The Hall–Kier alpha value is -1.75. The fourth-order valence-corrected chi connectivity index (χ4v) is 1.33. The Labute approximate surface area is 91.7 Å². The maximum Gasteiger partial charge on any atom is 0.250 e. The number of aryl methyl sites for hydroxylation is 1. The van der Waals surface area contributed by atoms with Gasteiger partial charge in [0.05, 0.1) is 5.56 Å². The fourth-order valence-electron chi connectivity index (χ4n) is 1.33. The first kappa shape index (κ1) is 10.8. The molecule has 84 valence electrons. The van der Waals surface area contributed by atoms with Gasteiger partial charge in [-0.3, -0.25) is 0 Å². The van der Waals surface area contributed by atoms with Crippen LogP contribution in [0.5, 0.6) is 0 Å².